The Hall–Kier alpha value is -0.380. The molecule has 1 atom stereocenters. The molecule has 18 heavy (non-hydrogen) atoms. The van der Waals surface area contributed by atoms with E-state index >= 15 is 0 Å². The van der Waals surface area contributed by atoms with E-state index in [2.05, 4.69) is 37.5 Å². The molecule has 2 nitrogen and oxygen atoms in total. The third kappa shape index (κ3) is 5.51. The van der Waals surface area contributed by atoms with Crippen molar-refractivity contribution in [1.29, 1.82) is 0 Å². The third-order valence-electron chi connectivity index (χ3n) is 3.66. The van der Waals surface area contributed by atoms with Crippen molar-refractivity contribution >= 4 is 11.3 Å². The average Bonchev–Trinajstić information content (AvgIpc) is 2.73. The van der Waals surface area contributed by atoms with Gasteiger partial charge < -0.3 is 11.1 Å². The maximum absolute atomic E-state index is 5.66. The number of hydrogen-bond donors (Lipinski definition) is 2. The van der Waals surface area contributed by atoms with Gasteiger partial charge >= 0.3 is 0 Å². The van der Waals surface area contributed by atoms with Gasteiger partial charge in [0.1, 0.15) is 0 Å². The summed E-state index contributed by atoms with van der Waals surface area (Å²) >= 11 is 1.85. The van der Waals surface area contributed by atoms with Crippen LogP contribution >= 0.6 is 11.3 Å². The van der Waals surface area contributed by atoms with Crippen LogP contribution in [0.1, 0.15) is 43.6 Å². The van der Waals surface area contributed by atoms with Gasteiger partial charge in [-0.05, 0) is 68.1 Å². The van der Waals surface area contributed by atoms with Crippen molar-refractivity contribution in [2.45, 2.75) is 46.6 Å². The molecule has 3 N–H and O–H groups in total. The van der Waals surface area contributed by atoms with Gasteiger partial charge in [-0.15, -0.1) is 11.3 Å². The molecule has 1 aromatic heterocycles. The molecule has 1 rings (SSSR count). The molecule has 1 unspecified atom stereocenters. The second-order valence-electron chi connectivity index (χ2n) is 5.43. The third-order valence-corrected chi connectivity index (χ3v) is 4.69. The molecule has 0 bridgehead atoms. The maximum Gasteiger partial charge on any atom is 0.0302 e. The van der Waals surface area contributed by atoms with Crippen LogP contribution in [0.15, 0.2) is 11.4 Å². The molecule has 0 fully saturated rings. The summed E-state index contributed by atoms with van der Waals surface area (Å²) in [5.41, 5.74) is 7.08. The Bertz CT molecular complexity index is 320. The van der Waals surface area contributed by atoms with Gasteiger partial charge in [0.15, 0.2) is 0 Å². The zero-order valence-electron chi connectivity index (χ0n) is 12.0. The van der Waals surface area contributed by atoms with E-state index in [4.69, 9.17) is 5.73 Å². The second kappa shape index (κ2) is 8.68. The minimum atomic E-state index is 0.757. The largest absolute Gasteiger partial charge is 0.330 e. The van der Waals surface area contributed by atoms with Crippen LogP contribution in [0.4, 0.5) is 0 Å². The monoisotopic (exact) mass is 268 g/mol. The summed E-state index contributed by atoms with van der Waals surface area (Å²) in [6.07, 6.45) is 3.72. The van der Waals surface area contributed by atoms with E-state index in [0.717, 1.165) is 31.5 Å². The van der Waals surface area contributed by atoms with Gasteiger partial charge in [0.25, 0.3) is 0 Å². The fourth-order valence-electron chi connectivity index (χ4n) is 2.30. The van der Waals surface area contributed by atoms with Gasteiger partial charge in [-0.2, -0.15) is 0 Å². The van der Waals surface area contributed by atoms with Crippen LogP contribution in [0, 0.1) is 18.8 Å². The molecule has 0 amide bonds. The minimum absolute atomic E-state index is 0.757. The van der Waals surface area contributed by atoms with E-state index < -0.39 is 0 Å². The molecule has 0 spiro atoms. The van der Waals surface area contributed by atoms with Gasteiger partial charge in [-0.3, -0.25) is 0 Å². The van der Waals surface area contributed by atoms with Gasteiger partial charge in [-0.1, -0.05) is 13.8 Å². The van der Waals surface area contributed by atoms with Crippen molar-refractivity contribution < 1.29 is 0 Å². The van der Waals surface area contributed by atoms with Crippen molar-refractivity contribution in [2.24, 2.45) is 17.6 Å². The molecule has 0 radical (unpaired) electrons. The molecule has 0 saturated carbocycles. The first-order valence-electron chi connectivity index (χ1n) is 7.09. The van der Waals surface area contributed by atoms with E-state index in [1.54, 1.807) is 0 Å². The number of hydrogen-bond acceptors (Lipinski definition) is 3. The first-order chi connectivity index (χ1) is 8.65. The Morgan fingerprint density at radius 1 is 1.33 bits per heavy atom. The van der Waals surface area contributed by atoms with Crippen LogP contribution in [-0.4, -0.2) is 13.1 Å². The molecule has 0 aliphatic rings. The number of nitrogens with one attached hydrogen (secondary N) is 1. The van der Waals surface area contributed by atoms with Crippen LogP contribution < -0.4 is 11.1 Å². The molecule has 3 heteroatoms. The van der Waals surface area contributed by atoms with Crippen molar-refractivity contribution in [1.82, 2.24) is 5.32 Å². The minimum Gasteiger partial charge on any atom is -0.330 e. The molecule has 0 aliphatic carbocycles. The summed E-state index contributed by atoms with van der Waals surface area (Å²) in [5.74, 6) is 1.55. The topological polar surface area (TPSA) is 38.0 Å². The van der Waals surface area contributed by atoms with Crippen LogP contribution in [-0.2, 0) is 6.54 Å². The summed E-state index contributed by atoms with van der Waals surface area (Å²) in [6, 6.07) is 2.19. The highest BCUT2D eigenvalue weighted by molar-refractivity contribution is 7.10. The Morgan fingerprint density at radius 2 is 2.11 bits per heavy atom. The highest BCUT2D eigenvalue weighted by atomic mass is 32.1. The van der Waals surface area contributed by atoms with Crippen LogP contribution in [0.3, 0.4) is 0 Å². The molecule has 0 aromatic carbocycles. The summed E-state index contributed by atoms with van der Waals surface area (Å²) in [5, 5.41) is 5.71. The molecule has 104 valence electrons. The number of nitrogens with two attached hydrogens (primary N) is 1. The Morgan fingerprint density at radius 3 is 2.67 bits per heavy atom. The Kier molecular flexibility index (Phi) is 7.56. The van der Waals surface area contributed by atoms with Gasteiger partial charge in [0.2, 0.25) is 0 Å². The summed E-state index contributed by atoms with van der Waals surface area (Å²) in [7, 11) is 0. The lowest BCUT2D eigenvalue weighted by atomic mass is 9.88. The molecular formula is C15H28N2S. The van der Waals surface area contributed by atoms with E-state index in [1.807, 2.05) is 11.3 Å². The number of aryl methyl sites for hydroxylation is 1. The SMILES string of the molecule is Cc1ccsc1CNCCCC(CCN)C(C)C. The first-order valence-corrected chi connectivity index (χ1v) is 7.96. The number of rotatable bonds is 9. The lowest BCUT2D eigenvalue weighted by Gasteiger charge is -2.20. The van der Waals surface area contributed by atoms with Crippen molar-refractivity contribution in [3.8, 4) is 0 Å². The van der Waals surface area contributed by atoms with Gasteiger partial charge in [-0.25, -0.2) is 0 Å². The zero-order valence-corrected chi connectivity index (χ0v) is 12.9. The average molecular weight is 268 g/mol. The van der Waals surface area contributed by atoms with E-state index in [9.17, 15) is 0 Å². The highest BCUT2D eigenvalue weighted by Crippen LogP contribution is 2.20. The maximum atomic E-state index is 5.66. The lowest BCUT2D eigenvalue weighted by Crippen LogP contribution is -2.18. The predicted molar refractivity (Wildman–Crippen MR) is 82.0 cm³/mol. The van der Waals surface area contributed by atoms with Crippen molar-refractivity contribution in [2.75, 3.05) is 13.1 Å². The van der Waals surface area contributed by atoms with E-state index in [0.29, 0.717) is 0 Å². The molecule has 0 aliphatic heterocycles. The Balaban J connectivity index is 2.12. The highest BCUT2D eigenvalue weighted by Gasteiger charge is 2.11. The van der Waals surface area contributed by atoms with E-state index in [1.165, 1.54) is 29.7 Å². The summed E-state index contributed by atoms with van der Waals surface area (Å²) in [4.78, 5) is 1.47. The number of thiophene rings is 1. The first kappa shape index (κ1) is 15.7. The van der Waals surface area contributed by atoms with Crippen LogP contribution in [0.25, 0.3) is 0 Å². The quantitative estimate of drug-likeness (QED) is 0.672. The standard InChI is InChI=1S/C15H28N2S/c1-12(2)14(6-8-16)5-4-9-17-11-15-13(3)7-10-18-15/h7,10,12,14,17H,4-6,8-9,11,16H2,1-3H3. The fraction of sp³-hybridized carbons (Fsp3) is 0.733. The van der Waals surface area contributed by atoms with Gasteiger partial charge in [0.05, 0.1) is 0 Å². The summed E-state index contributed by atoms with van der Waals surface area (Å²) in [6.45, 7) is 9.76. The lowest BCUT2D eigenvalue weighted by molar-refractivity contribution is 0.331. The Labute approximate surface area is 116 Å². The van der Waals surface area contributed by atoms with Crippen molar-refractivity contribution in [3.63, 3.8) is 0 Å². The molecule has 1 aromatic rings. The second-order valence-corrected chi connectivity index (χ2v) is 6.43. The molecule has 0 saturated heterocycles. The molecular weight excluding hydrogens is 240 g/mol. The van der Waals surface area contributed by atoms with Crippen LogP contribution in [0.5, 0.6) is 0 Å². The molecule has 1 heterocycles. The summed E-state index contributed by atoms with van der Waals surface area (Å²) < 4.78 is 0. The predicted octanol–water partition coefficient (Wildman–Crippen LogP) is 3.55. The van der Waals surface area contributed by atoms with Crippen molar-refractivity contribution in [3.05, 3.63) is 21.9 Å². The fourth-order valence-corrected chi connectivity index (χ4v) is 3.18. The van der Waals surface area contributed by atoms with E-state index in [-0.39, 0.29) is 0 Å². The van der Waals surface area contributed by atoms with Crippen LogP contribution in [0.2, 0.25) is 0 Å². The smallest absolute Gasteiger partial charge is 0.0302 e. The van der Waals surface area contributed by atoms with Gasteiger partial charge in [0, 0.05) is 11.4 Å². The zero-order chi connectivity index (χ0) is 13.4. The normalized spacial score (nSPS) is 13.2.